The van der Waals surface area contributed by atoms with Gasteiger partial charge in [0.25, 0.3) is 0 Å². The molecule has 0 atom stereocenters. The second-order valence-corrected chi connectivity index (χ2v) is 12.3. The van der Waals surface area contributed by atoms with Crippen LogP contribution < -0.4 is 4.90 Å². The molecule has 3 aromatic heterocycles. The second kappa shape index (κ2) is 10.5. The summed E-state index contributed by atoms with van der Waals surface area (Å²) >= 11 is 1.82. The van der Waals surface area contributed by atoms with Gasteiger partial charge in [0.15, 0.2) is 0 Å². The Hall–Kier alpha value is -5.71. The Morgan fingerprint density at radius 2 is 1.13 bits per heavy atom. The first-order valence-electron chi connectivity index (χ1n) is 15.0. The van der Waals surface area contributed by atoms with Gasteiger partial charge in [0.05, 0.1) is 16.8 Å². The Kier molecular flexibility index (Phi) is 6.00. The molecule has 3 heterocycles. The lowest BCUT2D eigenvalue weighted by molar-refractivity contribution is 0.669. The number of hydrogen-bond acceptors (Lipinski definition) is 4. The van der Waals surface area contributed by atoms with E-state index in [9.17, 15) is 0 Å². The topological polar surface area (TPSA) is 29.3 Å². The normalized spacial score (nSPS) is 11.6. The van der Waals surface area contributed by atoms with Gasteiger partial charge in [-0.1, -0.05) is 97.1 Å². The molecule has 0 aliphatic carbocycles. The van der Waals surface area contributed by atoms with Crippen molar-refractivity contribution in [2.45, 2.75) is 0 Å². The van der Waals surface area contributed by atoms with Gasteiger partial charge in [-0.25, -0.2) is 0 Å². The minimum Gasteiger partial charge on any atom is -0.456 e. The van der Waals surface area contributed by atoms with Gasteiger partial charge in [0.2, 0.25) is 0 Å². The lowest BCUT2D eigenvalue weighted by atomic mass is 10.0. The van der Waals surface area contributed by atoms with Gasteiger partial charge in [0.1, 0.15) is 11.2 Å². The van der Waals surface area contributed by atoms with Gasteiger partial charge < -0.3 is 9.32 Å². The molecule has 9 rings (SSSR count). The van der Waals surface area contributed by atoms with Crippen molar-refractivity contribution in [2.24, 2.45) is 0 Å². The van der Waals surface area contributed by atoms with Crippen molar-refractivity contribution >= 4 is 70.5 Å². The smallest absolute Gasteiger partial charge is 0.137 e. The lowest BCUT2D eigenvalue weighted by Gasteiger charge is -2.26. The molecule has 0 saturated heterocycles. The standard InChI is InChI=1S/C41H26N2OS/c1-2-9-27(10-3-1)28-17-21-30(22-18-28)43(36-13-8-15-38-41(36)33-12-4-6-14-37(33)44-38)31-23-19-29(20-24-31)35-25-40-34(26-42-35)32-11-5-7-16-39(32)45-40/h1-26H. The predicted octanol–water partition coefficient (Wildman–Crippen LogP) is 12.2. The van der Waals surface area contributed by atoms with E-state index in [-0.39, 0.29) is 0 Å². The zero-order chi connectivity index (χ0) is 29.7. The van der Waals surface area contributed by atoms with Crippen LogP contribution in [0.4, 0.5) is 17.1 Å². The highest BCUT2D eigenvalue weighted by Crippen LogP contribution is 2.43. The van der Waals surface area contributed by atoms with Crippen LogP contribution in [0.2, 0.25) is 0 Å². The summed E-state index contributed by atoms with van der Waals surface area (Å²) in [5, 5.41) is 4.68. The Bertz CT molecular complexity index is 2480. The van der Waals surface area contributed by atoms with Crippen LogP contribution in [0.15, 0.2) is 162 Å². The van der Waals surface area contributed by atoms with Crippen LogP contribution in [0.1, 0.15) is 0 Å². The van der Waals surface area contributed by atoms with Crippen LogP contribution in [-0.4, -0.2) is 4.98 Å². The average molecular weight is 595 g/mol. The zero-order valence-corrected chi connectivity index (χ0v) is 25.0. The molecule has 0 fully saturated rings. The predicted molar refractivity (Wildman–Crippen MR) is 190 cm³/mol. The van der Waals surface area contributed by atoms with E-state index in [1.54, 1.807) is 0 Å². The number of anilines is 3. The van der Waals surface area contributed by atoms with Crippen molar-refractivity contribution in [3.63, 3.8) is 0 Å². The quantitative estimate of drug-likeness (QED) is 0.198. The van der Waals surface area contributed by atoms with E-state index in [0.717, 1.165) is 50.3 Å². The van der Waals surface area contributed by atoms with E-state index in [1.807, 2.05) is 29.7 Å². The average Bonchev–Trinajstić information content (AvgIpc) is 3.68. The third kappa shape index (κ3) is 4.38. The number of aromatic nitrogens is 1. The summed E-state index contributed by atoms with van der Waals surface area (Å²) in [6, 6.07) is 53.4. The van der Waals surface area contributed by atoms with Crippen molar-refractivity contribution in [3.05, 3.63) is 158 Å². The number of thiophene rings is 1. The van der Waals surface area contributed by atoms with Gasteiger partial charge in [-0.15, -0.1) is 11.3 Å². The Morgan fingerprint density at radius 1 is 0.489 bits per heavy atom. The van der Waals surface area contributed by atoms with Crippen LogP contribution in [0.3, 0.4) is 0 Å². The van der Waals surface area contributed by atoms with Crippen molar-refractivity contribution in [2.75, 3.05) is 4.90 Å². The third-order valence-electron chi connectivity index (χ3n) is 8.54. The number of para-hydroxylation sites is 1. The van der Waals surface area contributed by atoms with E-state index in [2.05, 4.69) is 144 Å². The summed E-state index contributed by atoms with van der Waals surface area (Å²) in [6.07, 6.45) is 2.02. The number of benzene rings is 6. The summed E-state index contributed by atoms with van der Waals surface area (Å²) in [6.45, 7) is 0. The second-order valence-electron chi connectivity index (χ2n) is 11.2. The molecular weight excluding hydrogens is 569 g/mol. The van der Waals surface area contributed by atoms with Crippen LogP contribution in [-0.2, 0) is 0 Å². The highest BCUT2D eigenvalue weighted by molar-refractivity contribution is 7.25. The molecule has 0 aliphatic rings. The molecule has 0 saturated carbocycles. The molecule has 9 aromatic rings. The number of rotatable bonds is 5. The first-order valence-corrected chi connectivity index (χ1v) is 15.9. The zero-order valence-electron chi connectivity index (χ0n) is 24.2. The first kappa shape index (κ1) is 25.8. The number of fused-ring (bicyclic) bond motifs is 6. The molecule has 0 aliphatic heterocycles. The fourth-order valence-electron chi connectivity index (χ4n) is 6.36. The number of furan rings is 1. The third-order valence-corrected chi connectivity index (χ3v) is 9.67. The summed E-state index contributed by atoms with van der Waals surface area (Å²) in [4.78, 5) is 7.20. The molecule has 0 N–H and O–H groups in total. The van der Waals surface area contributed by atoms with Crippen LogP contribution in [0.25, 0.3) is 64.5 Å². The highest BCUT2D eigenvalue weighted by atomic mass is 32.1. The maximum Gasteiger partial charge on any atom is 0.137 e. The van der Waals surface area contributed by atoms with Gasteiger partial charge >= 0.3 is 0 Å². The van der Waals surface area contributed by atoms with Crippen molar-refractivity contribution in [1.82, 2.24) is 4.98 Å². The van der Waals surface area contributed by atoms with Crippen LogP contribution >= 0.6 is 11.3 Å². The highest BCUT2D eigenvalue weighted by Gasteiger charge is 2.19. The molecule has 0 bridgehead atoms. The molecular formula is C41H26N2OS. The van der Waals surface area contributed by atoms with Gasteiger partial charge in [-0.2, -0.15) is 0 Å². The summed E-state index contributed by atoms with van der Waals surface area (Å²) < 4.78 is 8.83. The maximum atomic E-state index is 6.29. The Labute approximate surface area is 264 Å². The van der Waals surface area contributed by atoms with Gasteiger partial charge in [-0.05, 0) is 65.7 Å². The molecule has 6 aromatic carbocycles. The molecule has 0 amide bonds. The molecule has 212 valence electrons. The Balaban J connectivity index is 1.17. The van der Waals surface area contributed by atoms with Crippen LogP contribution in [0.5, 0.6) is 0 Å². The van der Waals surface area contributed by atoms with E-state index in [4.69, 9.17) is 9.40 Å². The fourth-order valence-corrected chi connectivity index (χ4v) is 7.48. The molecule has 0 unspecified atom stereocenters. The summed E-state index contributed by atoms with van der Waals surface area (Å²) in [7, 11) is 0. The molecule has 3 nitrogen and oxygen atoms in total. The molecule has 4 heteroatoms. The van der Waals surface area contributed by atoms with E-state index < -0.39 is 0 Å². The van der Waals surface area contributed by atoms with E-state index >= 15 is 0 Å². The monoisotopic (exact) mass is 594 g/mol. The number of pyridine rings is 1. The number of nitrogens with zero attached hydrogens (tertiary/aromatic N) is 2. The van der Waals surface area contributed by atoms with E-state index in [0.29, 0.717) is 0 Å². The van der Waals surface area contributed by atoms with Gasteiger partial charge in [-0.3, -0.25) is 4.98 Å². The lowest BCUT2D eigenvalue weighted by Crippen LogP contribution is -2.10. The molecule has 0 spiro atoms. The van der Waals surface area contributed by atoms with Crippen molar-refractivity contribution < 1.29 is 4.42 Å². The van der Waals surface area contributed by atoms with Crippen molar-refractivity contribution in [1.29, 1.82) is 0 Å². The minimum absolute atomic E-state index is 0.872. The summed E-state index contributed by atoms with van der Waals surface area (Å²) in [5.74, 6) is 0. The van der Waals surface area contributed by atoms with Crippen molar-refractivity contribution in [3.8, 4) is 22.4 Å². The Morgan fingerprint density at radius 3 is 1.93 bits per heavy atom. The minimum atomic E-state index is 0.872. The number of hydrogen-bond donors (Lipinski definition) is 0. The summed E-state index contributed by atoms with van der Waals surface area (Å²) in [5.41, 5.74) is 9.41. The first-order chi connectivity index (χ1) is 22.3. The SMILES string of the molecule is c1ccc(-c2ccc(N(c3ccc(-c4cc5sc6ccccc6c5cn4)cc3)c3cccc4oc5ccccc5c34)cc2)cc1. The van der Waals surface area contributed by atoms with Gasteiger partial charge in [0, 0.05) is 48.7 Å². The van der Waals surface area contributed by atoms with E-state index in [1.165, 1.54) is 31.3 Å². The molecule has 0 radical (unpaired) electrons. The van der Waals surface area contributed by atoms with Crippen LogP contribution in [0, 0.1) is 0 Å². The molecule has 45 heavy (non-hydrogen) atoms. The largest absolute Gasteiger partial charge is 0.456 e. The maximum absolute atomic E-state index is 6.29. The fraction of sp³-hybridized carbons (Fsp3) is 0.